The molecule has 1 spiro atoms. The Morgan fingerprint density at radius 1 is 1.03 bits per heavy atom. The highest BCUT2D eigenvalue weighted by molar-refractivity contribution is 6.03. The number of rotatable bonds is 5. The number of hydrogen-bond donors (Lipinski definition) is 1. The maximum Gasteiger partial charge on any atom is 0.168 e. The molecule has 0 radical (unpaired) electrons. The molecule has 1 unspecified atom stereocenters. The van der Waals surface area contributed by atoms with Gasteiger partial charge in [0.25, 0.3) is 0 Å². The number of methoxy groups -OCH3 is 1. The van der Waals surface area contributed by atoms with E-state index < -0.39 is 23.0 Å². The molecular formula is C27H25F3N2O2. The Hall–Kier alpha value is -3.32. The van der Waals surface area contributed by atoms with Crippen molar-refractivity contribution in [1.82, 2.24) is 4.90 Å². The summed E-state index contributed by atoms with van der Waals surface area (Å²) < 4.78 is 46.8. The molecular weight excluding hydrogens is 441 g/mol. The second-order valence-electron chi connectivity index (χ2n) is 9.26. The van der Waals surface area contributed by atoms with Gasteiger partial charge in [0.05, 0.1) is 12.6 Å². The fraction of sp³-hybridized carbons (Fsp3) is 0.296. The van der Waals surface area contributed by atoms with Crippen LogP contribution in [0, 0.1) is 23.4 Å². The molecule has 3 aromatic rings. The number of para-hydroxylation sites is 1. The van der Waals surface area contributed by atoms with E-state index in [9.17, 15) is 18.0 Å². The Labute approximate surface area is 196 Å². The molecule has 4 nitrogen and oxygen atoms in total. The van der Waals surface area contributed by atoms with Gasteiger partial charge in [-0.3, -0.25) is 9.69 Å². The van der Waals surface area contributed by atoms with Crippen LogP contribution in [0.2, 0.25) is 0 Å². The molecule has 34 heavy (non-hydrogen) atoms. The Morgan fingerprint density at radius 3 is 2.38 bits per heavy atom. The van der Waals surface area contributed by atoms with Gasteiger partial charge in [-0.05, 0) is 42.7 Å². The normalized spacial score (nSPS) is 19.2. The summed E-state index contributed by atoms with van der Waals surface area (Å²) in [6, 6.07) is 16.6. The summed E-state index contributed by atoms with van der Waals surface area (Å²) in [4.78, 5) is 15.4. The van der Waals surface area contributed by atoms with E-state index in [1.54, 1.807) is 7.11 Å². The van der Waals surface area contributed by atoms with Crippen LogP contribution in [0.5, 0.6) is 5.75 Å². The van der Waals surface area contributed by atoms with E-state index in [1.165, 1.54) is 0 Å². The van der Waals surface area contributed by atoms with E-state index in [0.717, 1.165) is 17.0 Å². The summed E-state index contributed by atoms with van der Waals surface area (Å²) in [5.41, 5.74) is 1.94. The summed E-state index contributed by atoms with van der Waals surface area (Å²) in [6.45, 7) is 1.08. The van der Waals surface area contributed by atoms with Crippen molar-refractivity contribution in [1.29, 1.82) is 0 Å². The van der Waals surface area contributed by atoms with Gasteiger partial charge in [0.2, 0.25) is 0 Å². The predicted octanol–water partition coefficient (Wildman–Crippen LogP) is 5.22. The first-order valence-electron chi connectivity index (χ1n) is 11.3. The highest BCUT2D eigenvalue weighted by Gasteiger charge is 2.48. The number of carbonyl (C=O) groups is 1. The first-order valence-corrected chi connectivity index (χ1v) is 11.3. The lowest BCUT2D eigenvalue weighted by atomic mass is 9.77. The maximum atomic E-state index is 14.2. The maximum absolute atomic E-state index is 14.2. The molecule has 3 aromatic carbocycles. The smallest absolute Gasteiger partial charge is 0.168 e. The first-order chi connectivity index (χ1) is 16.4. The number of likely N-dealkylation sites (tertiary alicyclic amines) is 1. The van der Waals surface area contributed by atoms with Gasteiger partial charge in [-0.2, -0.15) is 0 Å². The fourth-order valence-corrected chi connectivity index (χ4v) is 5.22. The lowest BCUT2D eigenvalue weighted by Gasteiger charge is -2.51. The molecule has 2 aliphatic rings. The molecule has 0 aliphatic carbocycles. The quantitative estimate of drug-likeness (QED) is 0.560. The van der Waals surface area contributed by atoms with Gasteiger partial charge in [0.15, 0.2) is 5.78 Å². The van der Waals surface area contributed by atoms with Crippen molar-refractivity contribution in [2.24, 2.45) is 5.92 Å². The largest absolute Gasteiger partial charge is 0.497 e. The van der Waals surface area contributed by atoms with E-state index in [0.29, 0.717) is 43.6 Å². The van der Waals surface area contributed by atoms with E-state index in [4.69, 9.17) is 4.74 Å². The minimum Gasteiger partial charge on any atom is -0.497 e. The predicted molar refractivity (Wildman–Crippen MR) is 124 cm³/mol. The van der Waals surface area contributed by atoms with Crippen LogP contribution in [0.25, 0.3) is 0 Å². The van der Waals surface area contributed by atoms with Gasteiger partial charge in [-0.25, -0.2) is 13.2 Å². The number of Topliss-reactive ketones (excluding diaryl/α,β-unsaturated/α-hetero) is 1. The molecule has 1 saturated heterocycles. The van der Waals surface area contributed by atoms with Gasteiger partial charge in [0.1, 0.15) is 23.2 Å². The number of fused-ring (bicyclic) bond motifs is 1. The first kappa shape index (κ1) is 22.5. The molecule has 2 aliphatic heterocycles. The molecule has 0 amide bonds. The average Bonchev–Trinajstić information content (AvgIpc) is 2.91. The summed E-state index contributed by atoms with van der Waals surface area (Å²) in [5.74, 6) is -2.10. The molecule has 1 fully saturated rings. The Balaban J connectivity index is 1.38. The molecule has 2 heterocycles. The number of halogens is 3. The highest BCUT2D eigenvalue weighted by Crippen LogP contribution is 2.40. The van der Waals surface area contributed by atoms with Crippen LogP contribution in [-0.2, 0) is 13.0 Å². The fourth-order valence-electron chi connectivity index (χ4n) is 5.22. The number of anilines is 1. The Bertz CT molecular complexity index is 1200. The third kappa shape index (κ3) is 4.28. The van der Waals surface area contributed by atoms with E-state index >= 15 is 0 Å². The summed E-state index contributed by atoms with van der Waals surface area (Å²) in [7, 11) is 1.61. The van der Waals surface area contributed by atoms with Crippen molar-refractivity contribution in [3.05, 3.63) is 94.8 Å². The lowest BCUT2D eigenvalue weighted by Crippen LogP contribution is -2.66. The van der Waals surface area contributed by atoms with Crippen molar-refractivity contribution >= 4 is 11.5 Å². The molecule has 1 N–H and O–H groups in total. The zero-order valence-electron chi connectivity index (χ0n) is 18.8. The molecule has 0 aromatic heterocycles. The van der Waals surface area contributed by atoms with Gasteiger partial charge >= 0.3 is 0 Å². The molecule has 7 heteroatoms. The second-order valence-corrected chi connectivity index (χ2v) is 9.26. The topological polar surface area (TPSA) is 41.6 Å². The van der Waals surface area contributed by atoms with Crippen LogP contribution < -0.4 is 10.1 Å². The molecule has 0 saturated carbocycles. The number of nitrogens with zero attached hydrogens (tertiary/aromatic N) is 1. The molecule has 0 bridgehead atoms. The summed E-state index contributed by atoms with van der Waals surface area (Å²) >= 11 is 0. The van der Waals surface area contributed by atoms with Crippen LogP contribution >= 0.6 is 0 Å². The van der Waals surface area contributed by atoms with Crippen LogP contribution in [-0.4, -0.2) is 36.4 Å². The van der Waals surface area contributed by atoms with Gasteiger partial charge < -0.3 is 10.1 Å². The van der Waals surface area contributed by atoms with Crippen molar-refractivity contribution in [2.45, 2.75) is 24.9 Å². The van der Waals surface area contributed by atoms with E-state index in [2.05, 4.69) is 5.32 Å². The average molecular weight is 467 g/mol. The third-order valence-corrected chi connectivity index (χ3v) is 6.78. The SMILES string of the molecule is COc1ccc(CC2CC3(CN(Cc4c(F)cc(F)cc4F)C3)Nc3ccccc3C2=O)cc1. The monoisotopic (exact) mass is 466 g/mol. The third-order valence-electron chi connectivity index (χ3n) is 6.78. The van der Waals surface area contributed by atoms with Crippen LogP contribution in [0.3, 0.4) is 0 Å². The van der Waals surface area contributed by atoms with Crippen molar-refractivity contribution in [2.75, 3.05) is 25.5 Å². The van der Waals surface area contributed by atoms with Crippen molar-refractivity contribution in [3.63, 3.8) is 0 Å². The zero-order chi connectivity index (χ0) is 23.9. The summed E-state index contributed by atoms with van der Waals surface area (Å²) in [5, 5.41) is 3.56. The molecule has 1 atom stereocenters. The van der Waals surface area contributed by atoms with Crippen LogP contribution in [0.15, 0.2) is 60.7 Å². The van der Waals surface area contributed by atoms with Crippen LogP contribution in [0.4, 0.5) is 18.9 Å². The molecule has 176 valence electrons. The Kier molecular flexibility index (Phi) is 5.81. The van der Waals surface area contributed by atoms with Gasteiger partial charge in [-0.15, -0.1) is 0 Å². The minimum absolute atomic E-state index is 0.0418. The number of nitrogens with one attached hydrogen (secondary N) is 1. The van der Waals surface area contributed by atoms with Crippen molar-refractivity contribution in [3.8, 4) is 5.75 Å². The second kappa shape index (κ2) is 8.80. The number of carbonyl (C=O) groups excluding carboxylic acids is 1. The van der Waals surface area contributed by atoms with E-state index in [1.807, 2.05) is 53.4 Å². The zero-order valence-corrected chi connectivity index (χ0v) is 18.8. The number of hydrogen-bond acceptors (Lipinski definition) is 4. The number of ketones is 1. The minimum atomic E-state index is -0.930. The standard InChI is InChI=1S/C27H25F3N2O2/c1-34-20-8-6-17(7-9-20)10-18-13-27(31-25-5-3-2-4-21(25)26(18)33)15-32(16-27)14-22-23(29)11-19(28)12-24(22)30/h2-9,11-12,18,31H,10,13-16H2,1H3. The highest BCUT2D eigenvalue weighted by atomic mass is 19.1. The van der Waals surface area contributed by atoms with Crippen LogP contribution in [0.1, 0.15) is 27.9 Å². The number of benzene rings is 3. The van der Waals surface area contributed by atoms with E-state index in [-0.39, 0.29) is 23.8 Å². The van der Waals surface area contributed by atoms with Gasteiger partial charge in [0, 0.05) is 54.5 Å². The van der Waals surface area contributed by atoms with Crippen molar-refractivity contribution < 1.29 is 22.7 Å². The summed E-state index contributed by atoms with van der Waals surface area (Å²) in [6.07, 6.45) is 1.18. The lowest BCUT2D eigenvalue weighted by molar-refractivity contribution is 0.0553. The van der Waals surface area contributed by atoms with Gasteiger partial charge in [-0.1, -0.05) is 24.3 Å². The Morgan fingerprint density at radius 2 is 1.71 bits per heavy atom. The number of ether oxygens (including phenoxy) is 1. The molecule has 5 rings (SSSR count).